The number of hydrogen-bond acceptors (Lipinski definition) is 10. The van der Waals surface area contributed by atoms with Crippen LogP contribution in [0.1, 0.15) is 316 Å². The fraction of sp³-hybridized carbons (Fsp3) is 0.951. The molecule has 1 amide bonds. The van der Waals surface area contributed by atoms with Crippen molar-refractivity contribution in [2.24, 2.45) is 0 Å². The molecule has 7 atom stereocenters. The molecule has 1 aliphatic heterocycles. The second kappa shape index (κ2) is 51.3. The van der Waals surface area contributed by atoms with Crippen LogP contribution in [0.4, 0.5) is 0 Å². The van der Waals surface area contributed by atoms with Gasteiger partial charge in [0.15, 0.2) is 6.29 Å². The van der Waals surface area contributed by atoms with E-state index in [2.05, 4.69) is 35.5 Å². The van der Waals surface area contributed by atoms with Crippen LogP contribution in [0.5, 0.6) is 0 Å². The number of carbonyl (C=O) groups excluding carboxylic acids is 1. The van der Waals surface area contributed by atoms with E-state index >= 15 is 0 Å². The number of allylic oxidation sites excluding steroid dienone is 2. The minimum absolute atomic E-state index is 0.224. The Balaban J connectivity index is 2.29. The summed E-state index contributed by atoms with van der Waals surface area (Å²) in [5.41, 5.74) is 0. The number of aliphatic hydroxyl groups is 4. The average molecular weight is 1070 g/mol. The molecule has 74 heavy (non-hydrogen) atoms. The highest BCUT2D eigenvalue weighted by atomic mass is 32.3. The van der Waals surface area contributed by atoms with Crippen LogP contribution < -0.4 is 5.32 Å². The lowest BCUT2D eigenvalue weighted by Gasteiger charge is -2.41. The predicted octanol–water partition coefficient (Wildman–Crippen LogP) is 15.4. The van der Waals surface area contributed by atoms with Gasteiger partial charge in [-0.1, -0.05) is 283 Å². The van der Waals surface area contributed by atoms with Gasteiger partial charge in [0.05, 0.1) is 25.4 Å². The quantitative estimate of drug-likeness (QED) is 0.0193. The summed E-state index contributed by atoms with van der Waals surface area (Å²) in [4.78, 5) is 13.2. The molecule has 6 N–H and O–H groups in total. The molecule has 1 aliphatic rings. The molecule has 1 heterocycles. The summed E-state index contributed by atoms with van der Waals surface area (Å²) in [6.07, 6.45) is 53.7. The summed E-state index contributed by atoms with van der Waals surface area (Å²) in [6.45, 7) is 3.51. The van der Waals surface area contributed by atoms with Crippen molar-refractivity contribution < 1.29 is 51.8 Å². The second-order valence-corrected chi connectivity index (χ2v) is 23.4. The Bertz CT molecular complexity index is 1350. The van der Waals surface area contributed by atoms with Crippen molar-refractivity contribution in [3.8, 4) is 0 Å². The molecule has 7 unspecified atom stereocenters. The Kier molecular flexibility index (Phi) is 49.1. The zero-order valence-corrected chi connectivity index (χ0v) is 48.8. The molecular weight excluding hydrogens is 955 g/mol. The Morgan fingerprint density at radius 2 is 0.865 bits per heavy atom. The molecule has 1 saturated heterocycles. The normalized spacial score (nSPS) is 19.1. The molecule has 0 spiro atoms. The highest BCUT2D eigenvalue weighted by Gasteiger charge is 2.48. The molecule has 0 aromatic heterocycles. The fourth-order valence-corrected chi connectivity index (χ4v) is 11.0. The lowest BCUT2D eigenvalue weighted by molar-refractivity contribution is -0.298. The first-order valence-corrected chi connectivity index (χ1v) is 32.9. The Hall–Kier alpha value is -1.16. The van der Waals surface area contributed by atoms with Gasteiger partial charge < -0.3 is 35.2 Å². The molecule has 1 rings (SSSR count). The molecule has 12 nitrogen and oxygen atoms in total. The maximum absolute atomic E-state index is 13.2. The number of ether oxygens (including phenoxy) is 2. The van der Waals surface area contributed by atoms with E-state index in [0.717, 1.165) is 51.4 Å². The SMILES string of the molecule is CCCCCCCCCCCCCC/C=C\CCCCCCCCCCCCCC(=O)NC(COC1OC(CO)C(O)C(OS(=O)(=O)O)C1O)C(O)CCCCCCCCCCCCCCCCCCCCCC. The van der Waals surface area contributed by atoms with Gasteiger partial charge in [-0.2, -0.15) is 8.42 Å². The number of rotatable bonds is 56. The third-order valence-electron chi connectivity index (χ3n) is 15.3. The van der Waals surface area contributed by atoms with E-state index in [0.29, 0.717) is 12.8 Å². The van der Waals surface area contributed by atoms with E-state index in [-0.39, 0.29) is 12.5 Å². The maximum atomic E-state index is 13.2. The van der Waals surface area contributed by atoms with Gasteiger partial charge in [-0.25, -0.2) is 4.18 Å². The van der Waals surface area contributed by atoms with Gasteiger partial charge in [0.25, 0.3) is 0 Å². The molecule has 1 fully saturated rings. The van der Waals surface area contributed by atoms with E-state index in [1.54, 1.807) is 0 Å². The van der Waals surface area contributed by atoms with Crippen LogP contribution in [0.25, 0.3) is 0 Å². The number of aliphatic hydroxyl groups excluding tert-OH is 4. The number of nitrogens with one attached hydrogen (secondary N) is 1. The molecule has 0 aliphatic carbocycles. The summed E-state index contributed by atoms with van der Waals surface area (Å²) < 4.78 is 48.0. The topological polar surface area (TPSA) is 192 Å². The molecule has 0 radical (unpaired) electrons. The van der Waals surface area contributed by atoms with Gasteiger partial charge >= 0.3 is 10.4 Å². The van der Waals surface area contributed by atoms with Crippen molar-refractivity contribution in [3.05, 3.63) is 12.2 Å². The molecule has 0 saturated carbocycles. The lowest BCUT2D eigenvalue weighted by Crippen LogP contribution is -2.61. The summed E-state index contributed by atoms with van der Waals surface area (Å²) in [7, 11) is -5.08. The van der Waals surface area contributed by atoms with E-state index in [1.165, 1.54) is 238 Å². The zero-order chi connectivity index (χ0) is 54.0. The summed E-state index contributed by atoms with van der Waals surface area (Å²) in [5.74, 6) is -0.224. The highest BCUT2D eigenvalue weighted by molar-refractivity contribution is 7.80. The van der Waals surface area contributed by atoms with Crippen LogP contribution in [-0.4, -0.2) is 95.4 Å². The first kappa shape index (κ1) is 70.9. The van der Waals surface area contributed by atoms with Crippen molar-refractivity contribution in [1.82, 2.24) is 5.32 Å². The van der Waals surface area contributed by atoms with Gasteiger partial charge in [0.1, 0.15) is 24.4 Å². The average Bonchev–Trinajstić information content (AvgIpc) is 3.38. The van der Waals surface area contributed by atoms with Crippen molar-refractivity contribution in [1.29, 1.82) is 0 Å². The van der Waals surface area contributed by atoms with Gasteiger partial charge in [-0.05, 0) is 38.5 Å². The van der Waals surface area contributed by atoms with E-state index < -0.39 is 59.9 Å². The molecule has 0 bridgehead atoms. The number of carbonyl (C=O) groups is 1. The van der Waals surface area contributed by atoms with Crippen LogP contribution in [0.15, 0.2) is 12.2 Å². The standard InChI is InChI=1S/C61H119NO11S/c1-3-5-7-9-11-13-15-17-19-21-23-25-26-27-28-29-30-31-33-35-37-39-41-43-45-47-49-51-57(65)62-54(53-71-61-59(67)60(73-74(68,69)70)58(66)56(52-63)72-61)55(64)50-48-46-44-42-40-38-36-34-32-24-22-20-18-16-14-12-10-8-6-4-2/h27-28,54-56,58-61,63-64,66-67H,3-26,29-53H2,1-2H3,(H,62,65)(H,68,69,70)/b28-27-. The smallest absolute Gasteiger partial charge is 0.394 e. The van der Waals surface area contributed by atoms with Gasteiger partial charge in [-0.15, -0.1) is 0 Å². The number of amides is 1. The lowest BCUT2D eigenvalue weighted by atomic mass is 9.99. The fourth-order valence-electron chi connectivity index (χ4n) is 10.5. The summed E-state index contributed by atoms with van der Waals surface area (Å²) >= 11 is 0. The van der Waals surface area contributed by atoms with Crippen LogP contribution in [0.3, 0.4) is 0 Å². The maximum Gasteiger partial charge on any atom is 0.397 e. The van der Waals surface area contributed by atoms with Crippen LogP contribution in [0.2, 0.25) is 0 Å². The Morgan fingerprint density at radius 1 is 0.527 bits per heavy atom. The minimum atomic E-state index is -5.08. The predicted molar refractivity (Wildman–Crippen MR) is 306 cm³/mol. The van der Waals surface area contributed by atoms with E-state index in [1.807, 2.05) is 0 Å². The molecule has 440 valence electrons. The van der Waals surface area contributed by atoms with E-state index in [4.69, 9.17) is 9.47 Å². The first-order chi connectivity index (χ1) is 36.0. The summed E-state index contributed by atoms with van der Waals surface area (Å²) in [6, 6.07) is -0.857. The van der Waals surface area contributed by atoms with Gasteiger partial charge in [-0.3, -0.25) is 9.35 Å². The van der Waals surface area contributed by atoms with Gasteiger partial charge in [0, 0.05) is 6.42 Å². The van der Waals surface area contributed by atoms with Crippen LogP contribution in [-0.2, 0) is 28.9 Å². The molecule has 13 heteroatoms. The molecular formula is C61H119NO11S. The largest absolute Gasteiger partial charge is 0.397 e. The molecule has 0 aromatic rings. The van der Waals surface area contributed by atoms with Crippen LogP contribution in [0, 0.1) is 0 Å². The summed E-state index contributed by atoms with van der Waals surface area (Å²) in [5, 5.41) is 45.2. The van der Waals surface area contributed by atoms with Crippen molar-refractivity contribution in [2.45, 2.75) is 358 Å². The first-order valence-electron chi connectivity index (χ1n) is 31.6. The van der Waals surface area contributed by atoms with Crippen molar-refractivity contribution in [2.75, 3.05) is 13.2 Å². The highest BCUT2D eigenvalue weighted by Crippen LogP contribution is 2.26. The van der Waals surface area contributed by atoms with E-state index in [9.17, 15) is 38.2 Å². The minimum Gasteiger partial charge on any atom is -0.394 e. The van der Waals surface area contributed by atoms with Crippen molar-refractivity contribution >= 4 is 16.3 Å². The third kappa shape index (κ3) is 42.8. The number of unbranched alkanes of at least 4 members (excludes halogenated alkanes) is 42. The zero-order valence-electron chi connectivity index (χ0n) is 47.9. The monoisotopic (exact) mass is 1070 g/mol. The van der Waals surface area contributed by atoms with Gasteiger partial charge in [0.2, 0.25) is 5.91 Å². The third-order valence-corrected chi connectivity index (χ3v) is 15.8. The Morgan fingerprint density at radius 3 is 1.22 bits per heavy atom. The number of hydrogen-bond donors (Lipinski definition) is 6. The van der Waals surface area contributed by atoms with Crippen LogP contribution >= 0.6 is 0 Å². The second-order valence-electron chi connectivity index (χ2n) is 22.4. The molecule has 0 aromatic carbocycles. The van der Waals surface area contributed by atoms with Crippen molar-refractivity contribution in [3.63, 3.8) is 0 Å². The Labute approximate surface area is 455 Å².